The van der Waals surface area contributed by atoms with Gasteiger partial charge in [-0.05, 0) is 42.2 Å². The third-order valence-corrected chi connectivity index (χ3v) is 4.62. The molecule has 130 valence electrons. The molecule has 0 fully saturated rings. The zero-order valence-corrected chi connectivity index (χ0v) is 14.8. The number of aromatic nitrogens is 2. The molecule has 4 nitrogen and oxygen atoms in total. The minimum absolute atomic E-state index is 0.0724. The smallest absolute Gasteiger partial charge is 0.0991 e. The zero-order chi connectivity index (χ0) is 17.6. The summed E-state index contributed by atoms with van der Waals surface area (Å²) in [7, 11) is 0. The van der Waals surface area contributed by atoms with Crippen LogP contribution in [0.4, 0.5) is 0 Å². The number of hydrogen-bond donors (Lipinski definition) is 2. The standard InChI is InChI=1S/C21H25N3O/c1-3-17-4-6-19(7-5-17)21(14-25)23-16(2)18-8-10-20(11-9-18)24-13-12-22-15-24/h4-13,15-16,21,23,25H,3,14H2,1-2H3. The van der Waals surface area contributed by atoms with Crippen LogP contribution in [-0.4, -0.2) is 21.3 Å². The van der Waals surface area contributed by atoms with Gasteiger partial charge in [0.2, 0.25) is 0 Å². The molecule has 0 saturated carbocycles. The Morgan fingerprint density at radius 1 is 1.04 bits per heavy atom. The van der Waals surface area contributed by atoms with E-state index >= 15 is 0 Å². The normalized spacial score (nSPS) is 13.6. The lowest BCUT2D eigenvalue weighted by Crippen LogP contribution is -2.27. The van der Waals surface area contributed by atoms with E-state index < -0.39 is 0 Å². The number of hydrogen-bond acceptors (Lipinski definition) is 3. The molecule has 2 aromatic carbocycles. The Labute approximate surface area is 149 Å². The number of aliphatic hydroxyl groups is 1. The third kappa shape index (κ3) is 4.16. The zero-order valence-electron chi connectivity index (χ0n) is 14.8. The van der Waals surface area contributed by atoms with E-state index in [1.807, 2.05) is 10.8 Å². The van der Waals surface area contributed by atoms with Gasteiger partial charge in [0.1, 0.15) is 0 Å². The summed E-state index contributed by atoms with van der Waals surface area (Å²) >= 11 is 0. The predicted octanol–water partition coefficient (Wildman–Crippen LogP) is 3.82. The van der Waals surface area contributed by atoms with Crippen LogP contribution in [0.3, 0.4) is 0 Å². The monoisotopic (exact) mass is 335 g/mol. The minimum Gasteiger partial charge on any atom is -0.394 e. The summed E-state index contributed by atoms with van der Waals surface area (Å²) in [4.78, 5) is 4.08. The molecule has 1 heterocycles. The number of benzene rings is 2. The molecule has 0 bridgehead atoms. The first-order valence-corrected chi connectivity index (χ1v) is 8.75. The molecule has 0 aliphatic rings. The fourth-order valence-electron chi connectivity index (χ4n) is 2.98. The summed E-state index contributed by atoms with van der Waals surface area (Å²) in [5.41, 5.74) is 4.69. The summed E-state index contributed by atoms with van der Waals surface area (Å²) < 4.78 is 1.98. The van der Waals surface area contributed by atoms with Crippen LogP contribution in [0, 0.1) is 0 Å². The minimum atomic E-state index is -0.0748. The molecule has 0 amide bonds. The van der Waals surface area contributed by atoms with Gasteiger partial charge >= 0.3 is 0 Å². The summed E-state index contributed by atoms with van der Waals surface area (Å²) in [5.74, 6) is 0. The lowest BCUT2D eigenvalue weighted by atomic mass is 10.0. The molecule has 2 atom stereocenters. The maximum absolute atomic E-state index is 9.80. The van der Waals surface area contributed by atoms with Gasteiger partial charge in [0.15, 0.2) is 0 Å². The molecule has 4 heteroatoms. The van der Waals surface area contributed by atoms with Crippen LogP contribution in [-0.2, 0) is 6.42 Å². The van der Waals surface area contributed by atoms with Crippen molar-refractivity contribution in [2.45, 2.75) is 32.4 Å². The fourth-order valence-corrected chi connectivity index (χ4v) is 2.98. The Kier molecular flexibility index (Phi) is 5.64. The summed E-state index contributed by atoms with van der Waals surface area (Å²) in [5, 5.41) is 13.3. The maximum Gasteiger partial charge on any atom is 0.0991 e. The van der Waals surface area contributed by atoms with E-state index in [0.717, 1.165) is 17.7 Å². The van der Waals surface area contributed by atoms with Gasteiger partial charge in [-0.15, -0.1) is 0 Å². The molecule has 0 aliphatic carbocycles. The number of aryl methyl sites for hydroxylation is 1. The Bertz CT molecular complexity index is 764. The number of nitrogens with one attached hydrogen (secondary N) is 1. The van der Waals surface area contributed by atoms with Crippen LogP contribution in [0.15, 0.2) is 67.3 Å². The van der Waals surface area contributed by atoms with Crippen LogP contribution in [0.2, 0.25) is 0 Å². The summed E-state index contributed by atoms with van der Waals surface area (Å²) in [6.07, 6.45) is 6.52. The van der Waals surface area contributed by atoms with Crippen molar-refractivity contribution in [2.24, 2.45) is 0 Å². The van der Waals surface area contributed by atoms with Gasteiger partial charge in [0.05, 0.1) is 19.0 Å². The van der Waals surface area contributed by atoms with Crippen molar-refractivity contribution in [2.75, 3.05) is 6.61 Å². The van der Waals surface area contributed by atoms with E-state index in [1.54, 1.807) is 12.5 Å². The molecule has 0 radical (unpaired) electrons. The second-order valence-electron chi connectivity index (χ2n) is 6.28. The highest BCUT2D eigenvalue weighted by molar-refractivity contribution is 5.35. The highest BCUT2D eigenvalue weighted by Crippen LogP contribution is 2.21. The van der Waals surface area contributed by atoms with Crippen LogP contribution in [0.5, 0.6) is 0 Å². The summed E-state index contributed by atoms with van der Waals surface area (Å²) in [6, 6.07) is 16.9. The van der Waals surface area contributed by atoms with Gasteiger partial charge in [0.25, 0.3) is 0 Å². The van der Waals surface area contributed by atoms with E-state index in [-0.39, 0.29) is 18.7 Å². The average Bonchev–Trinajstić information content (AvgIpc) is 3.21. The molecule has 25 heavy (non-hydrogen) atoms. The van der Waals surface area contributed by atoms with E-state index in [0.29, 0.717) is 0 Å². The van der Waals surface area contributed by atoms with E-state index in [1.165, 1.54) is 11.1 Å². The molecule has 2 unspecified atom stereocenters. The molecular weight excluding hydrogens is 310 g/mol. The number of rotatable bonds is 7. The van der Waals surface area contributed by atoms with E-state index in [2.05, 4.69) is 72.7 Å². The highest BCUT2D eigenvalue weighted by atomic mass is 16.3. The molecule has 0 saturated heterocycles. The van der Waals surface area contributed by atoms with Gasteiger partial charge in [-0.3, -0.25) is 0 Å². The highest BCUT2D eigenvalue weighted by Gasteiger charge is 2.14. The van der Waals surface area contributed by atoms with Crippen LogP contribution < -0.4 is 5.32 Å². The number of aliphatic hydroxyl groups excluding tert-OH is 1. The van der Waals surface area contributed by atoms with Gasteiger partial charge in [-0.2, -0.15) is 0 Å². The van der Waals surface area contributed by atoms with E-state index in [9.17, 15) is 5.11 Å². The first kappa shape index (κ1) is 17.4. The number of imidazole rings is 1. The van der Waals surface area contributed by atoms with Crippen molar-refractivity contribution < 1.29 is 5.11 Å². The predicted molar refractivity (Wildman–Crippen MR) is 101 cm³/mol. The average molecular weight is 335 g/mol. The van der Waals surface area contributed by atoms with Crippen molar-refractivity contribution in [1.29, 1.82) is 0 Å². The van der Waals surface area contributed by atoms with Gasteiger partial charge in [-0.25, -0.2) is 4.98 Å². The van der Waals surface area contributed by atoms with Crippen LogP contribution in [0.25, 0.3) is 5.69 Å². The van der Waals surface area contributed by atoms with E-state index in [4.69, 9.17) is 0 Å². The quantitative estimate of drug-likeness (QED) is 0.690. The second-order valence-corrected chi connectivity index (χ2v) is 6.28. The molecule has 0 spiro atoms. The fraction of sp³-hybridized carbons (Fsp3) is 0.286. The molecular formula is C21H25N3O. The molecule has 2 N–H and O–H groups in total. The maximum atomic E-state index is 9.80. The Balaban J connectivity index is 1.69. The SMILES string of the molecule is CCc1ccc(C(CO)NC(C)c2ccc(-n3ccnc3)cc2)cc1. The first-order chi connectivity index (χ1) is 12.2. The number of nitrogens with zero attached hydrogens (tertiary/aromatic N) is 2. The topological polar surface area (TPSA) is 50.1 Å². The molecule has 0 aliphatic heterocycles. The van der Waals surface area contributed by atoms with Gasteiger partial charge < -0.3 is 15.0 Å². The van der Waals surface area contributed by atoms with Crippen molar-refractivity contribution >= 4 is 0 Å². The first-order valence-electron chi connectivity index (χ1n) is 8.75. The van der Waals surface area contributed by atoms with Gasteiger partial charge in [0, 0.05) is 24.1 Å². The Hall–Kier alpha value is -2.43. The largest absolute Gasteiger partial charge is 0.394 e. The van der Waals surface area contributed by atoms with Crippen molar-refractivity contribution in [3.63, 3.8) is 0 Å². The summed E-state index contributed by atoms with van der Waals surface area (Å²) in [6.45, 7) is 4.34. The van der Waals surface area contributed by atoms with Crippen molar-refractivity contribution in [3.8, 4) is 5.69 Å². The molecule has 3 aromatic rings. The molecule has 1 aromatic heterocycles. The molecule has 3 rings (SSSR count). The van der Waals surface area contributed by atoms with Crippen molar-refractivity contribution in [3.05, 3.63) is 83.9 Å². The third-order valence-electron chi connectivity index (χ3n) is 4.62. The Morgan fingerprint density at radius 3 is 2.28 bits per heavy atom. The second kappa shape index (κ2) is 8.10. The van der Waals surface area contributed by atoms with Gasteiger partial charge in [-0.1, -0.05) is 43.3 Å². The van der Waals surface area contributed by atoms with Crippen molar-refractivity contribution in [1.82, 2.24) is 14.9 Å². The lowest BCUT2D eigenvalue weighted by molar-refractivity contribution is 0.235. The van der Waals surface area contributed by atoms with Crippen LogP contribution >= 0.6 is 0 Å². The van der Waals surface area contributed by atoms with Crippen LogP contribution in [0.1, 0.15) is 42.6 Å². The Morgan fingerprint density at radius 2 is 1.72 bits per heavy atom. The lowest BCUT2D eigenvalue weighted by Gasteiger charge is -2.23.